The molecule has 6 heteroatoms. The number of benzene rings is 1. The van der Waals surface area contributed by atoms with Gasteiger partial charge in [0, 0.05) is 30.8 Å². The maximum Gasteiger partial charge on any atom is 0.253 e. The molecule has 2 aliphatic rings. The number of nitrogens with zero attached hydrogens (tertiary/aromatic N) is 1. The van der Waals surface area contributed by atoms with Crippen molar-refractivity contribution in [1.82, 2.24) is 10.2 Å². The standard InChI is InChI=1S/C18H25N3O2.ClH/c1-2-17(22)20-16-5-3-4-13(10-16)18(23)21-8-6-14-11-19-12-15(14)7-9-21;/h3-5,10,14-15,19H,2,6-9,11-12H2,1H3,(H,20,22);1H/t14-,15+;. The number of hydrogen-bond donors (Lipinski definition) is 2. The molecular formula is C18H26ClN3O2. The Morgan fingerprint density at radius 3 is 2.50 bits per heavy atom. The summed E-state index contributed by atoms with van der Waals surface area (Å²) in [6.45, 7) is 5.64. The lowest BCUT2D eigenvalue weighted by atomic mass is 9.92. The predicted molar refractivity (Wildman–Crippen MR) is 97.6 cm³/mol. The van der Waals surface area contributed by atoms with Gasteiger partial charge in [0.1, 0.15) is 0 Å². The minimum Gasteiger partial charge on any atom is -0.339 e. The van der Waals surface area contributed by atoms with Gasteiger partial charge in [-0.1, -0.05) is 13.0 Å². The number of nitrogens with one attached hydrogen (secondary N) is 2. The van der Waals surface area contributed by atoms with E-state index in [0.717, 1.165) is 39.0 Å². The summed E-state index contributed by atoms with van der Waals surface area (Å²) in [6, 6.07) is 7.26. The number of rotatable bonds is 3. The molecule has 0 spiro atoms. The molecule has 1 aromatic carbocycles. The average molecular weight is 352 g/mol. The number of amides is 2. The highest BCUT2D eigenvalue weighted by Crippen LogP contribution is 2.27. The zero-order valence-corrected chi connectivity index (χ0v) is 14.9. The van der Waals surface area contributed by atoms with Crippen molar-refractivity contribution < 1.29 is 9.59 Å². The van der Waals surface area contributed by atoms with Gasteiger partial charge < -0.3 is 15.5 Å². The summed E-state index contributed by atoms with van der Waals surface area (Å²) >= 11 is 0. The number of likely N-dealkylation sites (tertiary alicyclic amines) is 1. The number of halogens is 1. The topological polar surface area (TPSA) is 61.4 Å². The lowest BCUT2D eigenvalue weighted by Gasteiger charge is -2.21. The molecule has 2 saturated heterocycles. The average Bonchev–Trinajstić information content (AvgIpc) is 2.93. The van der Waals surface area contributed by atoms with E-state index in [1.54, 1.807) is 6.07 Å². The minimum absolute atomic E-state index is 0. The van der Waals surface area contributed by atoms with Crippen molar-refractivity contribution in [2.24, 2.45) is 11.8 Å². The van der Waals surface area contributed by atoms with Gasteiger partial charge in [-0.05, 0) is 56.0 Å². The maximum atomic E-state index is 12.8. The third-order valence-electron chi connectivity index (χ3n) is 5.02. The van der Waals surface area contributed by atoms with E-state index in [9.17, 15) is 9.59 Å². The first kappa shape index (κ1) is 18.7. The molecule has 24 heavy (non-hydrogen) atoms. The Bertz CT molecular complexity index is 579. The Morgan fingerprint density at radius 2 is 1.88 bits per heavy atom. The highest BCUT2D eigenvalue weighted by atomic mass is 35.5. The van der Waals surface area contributed by atoms with Crippen molar-refractivity contribution in [1.29, 1.82) is 0 Å². The summed E-state index contributed by atoms with van der Waals surface area (Å²) in [5.41, 5.74) is 1.35. The van der Waals surface area contributed by atoms with Crippen molar-refractivity contribution in [3.05, 3.63) is 29.8 Å². The maximum absolute atomic E-state index is 12.8. The van der Waals surface area contributed by atoms with Gasteiger partial charge >= 0.3 is 0 Å². The van der Waals surface area contributed by atoms with Crippen LogP contribution >= 0.6 is 12.4 Å². The molecule has 0 bridgehead atoms. The first-order valence-electron chi connectivity index (χ1n) is 8.57. The van der Waals surface area contributed by atoms with Crippen LogP contribution in [0.15, 0.2) is 24.3 Å². The van der Waals surface area contributed by atoms with E-state index in [0.29, 0.717) is 29.5 Å². The largest absolute Gasteiger partial charge is 0.339 e. The van der Waals surface area contributed by atoms with E-state index in [1.807, 2.05) is 30.0 Å². The molecule has 1 aromatic rings. The minimum atomic E-state index is -0.0373. The zero-order chi connectivity index (χ0) is 16.2. The Hall–Kier alpha value is -1.59. The number of anilines is 1. The number of fused-ring (bicyclic) bond motifs is 1. The summed E-state index contributed by atoms with van der Waals surface area (Å²) in [6.07, 6.45) is 2.59. The summed E-state index contributed by atoms with van der Waals surface area (Å²) in [5, 5.41) is 6.27. The Morgan fingerprint density at radius 1 is 1.21 bits per heavy atom. The number of carbonyl (C=O) groups is 2. The van der Waals surface area contributed by atoms with Crippen LogP contribution in [0.25, 0.3) is 0 Å². The van der Waals surface area contributed by atoms with Gasteiger partial charge in [0.25, 0.3) is 5.91 Å². The summed E-state index contributed by atoms with van der Waals surface area (Å²) in [4.78, 5) is 26.3. The molecule has 132 valence electrons. The summed E-state index contributed by atoms with van der Waals surface area (Å²) in [5.74, 6) is 1.46. The molecule has 2 amide bonds. The SMILES string of the molecule is CCC(=O)Nc1cccc(C(=O)N2CC[C@@H]3CNC[C@@H]3CC2)c1.Cl. The van der Waals surface area contributed by atoms with Gasteiger partial charge in [-0.25, -0.2) is 0 Å². The second kappa shape index (κ2) is 8.49. The van der Waals surface area contributed by atoms with Crippen molar-refractivity contribution in [3.63, 3.8) is 0 Å². The van der Waals surface area contributed by atoms with Crippen molar-refractivity contribution in [3.8, 4) is 0 Å². The second-order valence-corrected chi connectivity index (χ2v) is 6.53. The normalized spacial score (nSPS) is 23.0. The molecule has 0 aromatic heterocycles. The lowest BCUT2D eigenvalue weighted by Crippen LogP contribution is -2.32. The molecule has 3 rings (SSSR count). The molecule has 5 nitrogen and oxygen atoms in total. The molecule has 2 N–H and O–H groups in total. The molecule has 0 saturated carbocycles. The summed E-state index contributed by atoms with van der Waals surface area (Å²) < 4.78 is 0. The van der Waals surface area contributed by atoms with Crippen molar-refractivity contribution >= 4 is 29.9 Å². The monoisotopic (exact) mass is 351 g/mol. The number of carbonyl (C=O) groups excluding carboxylic acids is 2. The van der Waals surface area contributed by atoms with Crippen LogP contribution in [-0.4, -0.2) is 42.9 Å². The van der Waals surface area contributed by atoms with E-state index in [1.165, 1.54) is 0 Å². The molecule has 0 aliphatic carbocycles. The van der Waals surface area contributed by atoms with Crippen LogP contribution in [0.5, 0.6) is 0 Å². The molecule has 2 fully saturated rings. The van der Waals surface area contributed by atoms with Crippen LogP contribution in [0.2, 0.25) is 0 Å². The van der Waals surface area contributed by atoms with E-state index in [2.05, 4.69) is 10.6 Å². The molecular weight excluding hydrogens is 326 g/mol. The molecule has 0 radical (unpaired) electrons. The van der Waals surface area contributed by atoms with Crippen LogP contribution in [0.3, 0.4) is 0 Å². The Labute approximate surface area is 149 Å². The van der Waals surface area contributed by atoms with Crippen LogP contribution in [0.4, 0.5) is 5.69 Å². The Kier molecular flexibility index (Phi) is 6.63. The van der Waals surface area contributed by atoms with Gasteiger partial charge in [0.15, 0.2) is 0 Å². The fourth-order valence-corrected chi connectivity index (χ4v) is 3.58. The van der Waals surface area contributed by atoms with Crippen molar-refractivity contribution in [2.75, 3.05) is 31.5 Å². The molecule has 0 unspecified atom stereocenters. The van der Waals surface area contributed by atoms with Gasteiger partial charge in [-0.3, -0.25) is 9.59 Å². The third kappa shape index (κ3) is 4.28. The first-order chi connectivity index (χ1) is 11.2. The van der Waals surface area contributed by atoms with Crippen LogP contribution in [0.1, 0.15) is 36.5 Å². The zero-order valence-electron chi connectivity index (χ0n) is 14.1. The van der Waals surface area contributed by atoms with E-state index >= 15 is 0 Å². The van der Waals surface area contributed by atoms with Gasteiger partial charge in [0.05, 0.1) is 0 Å². The third-order valence-corrected chi connectivity index (χ3v) is 5.02. The quantitative estimate of drug-likeness (QED) is 0.879. The van der Waals surface area contributed by atoms with Gasteiger partial charge in [-0.2, -0.15) is 0 Å². The van der Waals surface area contributed by atoms with Crippen LogP contribution in [0, 0.1) is 11.8 Å². The van der Waals surface area contributed by atoms with Crippen molar-refractivity contribution in [2.45, 2.75) is 26.2 Å². The second-order valence-electron chi connectivity index (χ2n) is 6.53. The Balaban J connectivity index is 0.00000208. The van der Waals surface area contributed by atoms with Gasteiger partial charge in [-0.15, -0.1) is 12.4 Å². The van der Waals surface area contributed by atoms with Crippen LogP contribution in [-0.2, 0) is 4.79 Å². The fraction of sp³-hybridized carbons (Fsp3) is 0.556. The first-order valence-corrected chi connectivity index (χ1v) is 8.57. The van der Waals surface area contributed by atoms with E-state index in [-0.39, 0.29) is 24.2 Å². The lowest BCUT2D eigenvalue weighted by molar-refractivity contribution is -0.115. The predicted octanol–water partition coefficient (Wildman–Crippen LogP) is 2.53. The summed E-state index contributed by atoms with van der Waals surface area (Å²) in [7, 11) is 0. The van der Waals surface area contributed by atoms with E-state index in [4.69, 9.17) is 0 Å². The molecule has 2 atom stereocenters. The van der Waals surface area contributed by atoms with Gasteiger partial charge in [0.2, 0.25) is 5.91 Å². The fourth-order valence-electron chi connectivity index (χ4n) is 3.58. The highest BCUT2D eigenvalue weighted by molar-refractivity contribution is 5.97. The number of hydrogen-bond acceptors (Lipinski definition) is 3. The molecule has 2 aliphatic heterocycles. The van der Waals surface area contributed by atoms with Crippen LogP contribution < -0.4 is 10.6 Å². The smallest absolute Gasteiger partial charge is 0.253 e. The van der Waals surface area contributed by atoms with E-state index < -0.39 is 0 Å². The molecule has 2 heterocycles. The highest BCUT2D eigenvalue weighted by Gasteiger charge is 2.31.